The Morgan fingerprint density at radius 3 is 2.54 bits per heavy atom. The molecule has 0 bridgehead atoms. The van der Waals surface area contributed by atoms with Gasteiger partial charge in [0, 0.05) is 25.9 Å². The van der Waals surface area contributed by atoms with Gasteiger partial charge in [-0.15, -0.1) is 0 Å². The molecular weight excluding hydrogens is 304 g/mol. The molecule has 5 heteroatoms. The molecule has 1 N–H and O–H groups in total. The molecule has 24 heavy (non-hydrogen) atoms. The third-order valence-corrected chi connectivity index (χ3v) is 3.91. The number of amides is 1. The van der Waals surface area contributed by atoms with Crippen molar-refractivity contribution in [3.05, 3.63) is 76.2 Å². The number of nitrogens with one attached hydrogen (secondary N) is 1. The summed E-state index contributed by atoms with van der Waals surface area (Å²) in [4.78, 5) is 27.6. The summed E-state index contributed by atoms with van der Waals surface area (Å²) in [6, 6.07) is 14.9. The van der Waals surface area contributed by atoms with Crippen molar-refractivity contribution in [3.63, 3.8) is 0 Å². The number of carbonyl (C=O) groups is 1. The molecule has 0 aliphatic heterocycles. The van der Waals surface area contributed by atoms with Crippen LogP contribution in [-0.2, 0) is 6.54 Å². The zero-order chi connectivity index (χ0) is 17.1. The lowest BCUT2D eigenvalue weighted by molar-refractivity contribution is 0.0784. The van der Waals surface area contributed by atoms with Gasteiger partial charge in [-0.3, -0.25) is 9.59 Å². The van der Waals surface area contributed by atoms with Crippen molar-refractivity contribution in [2.24, 2.45) is 0 Å². The fourth-order valence-corrected chi connectivity index (χ4v) is 2.61. The number of benzene rings is 2. The van der Waals surface area contributed by atoms with E-state index in [1.165, 1.54) is 18.3 Å². The summed E-state index contributed by atoms with van der Waals surface area (Å²) in [6.45, 7) is 0.486. The predicted molar refractivity (Wildman–Crippen MR) is 93.4 cm³/mol. The van der Waals surface area contributed by atoms with Crippen molar-refractivity contribution in [1.29, 1.82) is 0 Å². The molecule has 1 heterocycles. The molecule has 1 amide bonds. The Labute approximate surface area is 139 Å². The van der Waals surface area contributed by atoms with Crippen LogP contribution in [0, 0.1) is 0 Å². The van der Waals surface area contributed by atoms with Gasteiger partial charge in [0.25, 0.3) is 5.91 Å². The lowest BCUT2D eigenvalue weighted by atomic mass is 10.1. The highest BCUT2D eigenvalue weighted by atomic mass is 16.5. The number of hydrogen-bond donors (Lipinski definition) is 1. The van der Waals surface area contributed by atoms with Gasteiger partial charge in [-0.1, -0.05) is 18.2 Å². The third-order valence-electron chi connectivity index (χ3n) is 3.91. The second kappa shape index (κ2) is 6.58. The summed E-state index contributed by atoms with van der Waals surface area (Å²) >= 11 is 0. The Balaban J connectivity index is 1.79. The first kappa shape index (κ1) is 15.8. The number of nitrogens with zero attached hydrogens (tertiary/aromatic N) is 1. The van der Waals surface area contributed by atoms with Crippen molar-refractivity contribution in [1.82, 2.24) is 9.88 Å². The average Bonchev–Trinajstić information content (AvgIpc) is 2.61. The van der Waals surface area contributed by atoms with Crippen LogP contribution in [0.2, 0.25) is 0 Å². The van der Waals surface area contributed by atoms with Gasteiger partial charge >= 0.3 is 0 Å². The van der Waals surface area contributed by atoms with Crippen LogP contribution in [0.1, 0.15) is 15.9 Å². The Morgan fingerprint density at radius 2 is 1.83 bits per heavy atom. The Bertz CT molecular complexity index is 926. The van der Waals surface area contributed by atoms with Crippen molar-refractivity contribution in [2.75, 3.05) is 14.2 Å². The van der Waals surface area contributed by atoms with Gasteiger partial charge in [-0.2, -0.15) is 0 Å². The number of hydrogen-bond acceptors (Lipinski definition) is 3. The molecule has 0 spiro atoms. The number of methoxy groups -OCH3 is 1. The standard InChI is InChI=1S/C19H18N2O3/c1-21(19(23)16-6-8-18(22)20-11-16)12-13-3-4-15-10-17(24-2)7-5-14(15)9-13/h3-11H,12H2,1-2H3,(H,20,22). The fourth-order valence-electron chi connectivity index (χ4n) is 2.61. The van der Waals surface area contributed by atoms with Crippen LogP contribution in [0.5, 0.6) is 5.75 Å². The van der Waals surface area contributed by atoms with Gasteiger partial charge < -0.3 is 14.6 Å². The lowest BCUT2D eigenvalue weighted by Gasteiger charge is -2.17. The van der Waals surface area contributed by atoms with Crippen LogP contribution in [0.3, 0.4) is 0 Å². The van der Waals surface area contributed by atoms with Crippen molar-refractivity contribution in [2.45, 2.75) is 6.54 Å². The van der Waals surface area contributed by atoms with E-state index >= 15 is 0 Å². The molecule has 0 fully saturated rings. The van der Waals surface area contributed by atoms with Gasteiger partial charge in [-0.05, 0) is 40.6 Å². The molecule has 122 valence electrons. The monoisotopic (exact) mass is 322 g/mol. The van der Waals surface area contributed by atoms with E-state index in [1.54, 1.807) is 19.1 Å². The fraction of sp³-hybridized carbons (Fsp3) is 0.158. The summed E-state index contributed by atoms with van der Waals surface area (Å²) in [5, 5.41) is 2.19. The topological polar surface area (TPSA) is 62.4 Å². The van der Waals surface area contributed by atoms with Gasteiger partial charge in [0.1, 0.15) is 5.75 Å². The third kappa shape index (κ3) is 3.30. The van der Waals surface area contributed by atoms with E-state index in [0.717, 1.165) is 22.1 Å². The van der Waals surface area contributed by atoms with Crippen LogP contribution in [0.4, 0.5) is 0 Å². The molecule has 0 saturated carbocycles. The number of fused-ring (bicyclic) bond motifs is 1. The number of rotatable bonds is 4. The Kier molecular flexibility index (Phi) is 4.33. The Hall–Kier alpha value is -3.08. The summed E-state index contributed by atoms with van der Waals surface area (Å²) in [7, 11) is 3.39. The zero-order valence-corrected chi connectivity index (χ0v) is 13.6. The average molecular weight is 322 g/mol. The second-order valence-electron chi connectivity index (χ2n) is 5.65. The zero-order valence-electron chi connectivity index (χ0n) is 13.6. The van der Waals surface area contributed by atoms with Crippen LogP contribution >= 0.6 is 0 Å². The normalized spacial score (nSPS) is 10.6. The van der Waals surface area contributed by atoms with Gasteiger partial charge in [0.15, 0.2) is 0 Å². The molecule has 0 unspecified atom stereocenters. The molecular formula is C19H18N2O3. The minimum Gasteiger partial charge on any atom is -0.497 e. The van der Waals surface area contributed by atoms with E-state index in [4.69, 9.17) is 4.74 Å². The number of ether oxygens (including phenoxy) is 1. The largest absolute Gasteiger partial charge is 0.497 e. The first-order chi connectivity index (χ1) is 11.6. The SMILES string of the molecule is COc1ccc2cc(CN(C)C(=O)c3ccc(=O)[nH]c3)ccc2c1. The quantitative estimate of drug-likeness (QED) is 0.803. The summed E-state index contributed by atoms with van der Waals surface area (Å²) < 4.78 is 5.23. The number of H-pyrrole nitrogens is 1. The molecule has 0 radical (unpaired) electrons. The maximum Gasteiger partial charge on any atom is 0.255 e. The number of pyridine rings is 1. The maximum absolute atomic E-state index is 12.4. The molecule has 0 aliphatic rings. The van der Waals surface area contributed by atoms with Crippen LogP contribution in [0.25, 0.3) is 10.8 Å². The van der Waals surface area contributed by atoms with Crippen LogP contribution in [-0.4, -0.2) is 29.9 Å². The van der Waals surface area contributed by atoms with Gasteiger partial charge in [0.2, 0.25) is 5.56 Å². The Morgan fingerprint density at radius 1 is 1.08 bits per heavy atom. The summed E-state index contributed by atoms with van der Waals surface area (Å²) in [5.41, 5.74) is 1.27. The molecule has 1 aromatic heterocycles. The highest BCUT2D eigenvalue weighted by Crippen LogP contribution is 2.22. The van der Waals surface area contributed by atoms with E-state index in [0.29, 0.717) is 12.1 Å². The van der Waals surface area contributed by atoms with Gasteiger partial charge in [-0.25, -0.2) is 0 Å². The number of carbonyl (C=O) groups excluding carboxylic acids is 1. The van der Waals surface area contributed by atoms with E-state index in [2.05, 4.69) is 11.1 Å². The molecule has 5 nitrogen and oxygen atoms in total. The highest BCUT2D eigenvalue weighted by molar-refractivity contribution is 5.93. The van der Waals surface area contributed by atoms with E-state index in [-0.39, 0.29) is 11.5 Å². The minimum atomic E-state index is -0.223. The number of aromatic nitrogens is 1. The number of aromatic amines is 1. The first-order valence-electron chi connectivity index (χ1n) is 7.58. The van der Waals surface area contributed by atoms with E-state index < -0.39 is 0 Å². The van der Waals surface area contributed by atoms with Crippen molar-refractivity contribution in [3.8, 4) is 5.75 Å². The molecule has 0 atom stereocenters. The van der Waals surface area contributed by atoms with Crippen LogP contribution in [0.15, 0.2) is 59.5 Å². The smallest absolute Gasteiger partial charge is 0.255 e. The second-order valence-corrected chi connectivity index (χ2v) is 5.65. The highest BCUT2D eigenvalue weighted by Gasteiger charge is 2.12. The van der Waals surface area contributed by atoms with Crippen molar-refractivity contribution >= 4 is 16.7 Å². The van der Waals surface area contributed by atoms with E-state index in [9.17, 15) is 9.59 Å². The van der Waals surface area contributed by atoms with E-state index in [1.807, 2.05) is 30.3 Å². The summed E-state index contributed by atoms with van der Waals surface area (Å²) in [6.07, 6.45) is 1.44. The molecule has 0 aliphatic carbocycles. The maximum atomic E-state index is 12.4. The van der Waals surface area contributed by atoms with Crippen molar-refractivity contribution < 1.29 is 9.53 Å². The first-order valence-corrected chi connectivity index (χ1v) is 7.58. The molecule has 0 saturated heterocycles. The summed E-state index contributed by atoms with van der Waals surface area (Å²) in [5.74, 6) is 0.682. The molecule has 2 aromatic carbocycles. The molecule has 3 rings (SSSR count). The van der Waals surface area contributed by atoms with Gasteiger partial charge in [0.05, 0.1) is 12.7 Å². The predicted octanol–water partition coefficient (Wildman–Crippen LogP) is 2.81. The molecule has 3 aromatic rings. The lowest BCUT2D eigenvalue weighted by Crippen LogP contribution is -2.26. The van der Waals surface area contributed by atoms with Crippen LogP contribution < -0.4 is 10.3 Å². The minimum absolute atomic E-state index is 0.138.